The van der Waals surface area contributed by atoms with Crippen LogP contribution in [0.3, 0.4) is 0 Å². The second-order valence-corrected chi connectivity index (χ2v) is 4.74. The van der Waals surface area contributed by atoms with Crippen LogP contribution in [0.2, 0.25) is 0 Å². The first-order valence-electron chi connectivity index (χ1n) is 6.48. The van der Waals surface area contributed by atoms with E-state index in [9.17, 15) is 4.79 Å². The van der Waals surface area contributed by atoms with Crippen molar-refractivity contribution in [3.63, 3.8) is 0 Å². The number of esters is 1. The number of nitrogens with two attached hydrogens (primary N) is 1. The average molecular weight is 377 g/mol. The number of ether oxygens (including phenoxy) is 1. The Morgan fingerprint density at radius 1 is 1.37 bits per heavy atom. The minimum absolute atomic E-state index is 0.193. The molecule has 1 atom stereocenters. The van der Waals surface area contributed by atoms with Gasteiger partial charge in [-0.2, -0.15) is 0 Å². The van der Waals surface area contributed by atoms with Gasteiger partial charge in [0.15, 0.2) is 23.0 Å². The third kappa shape index (κ3) is 5.36. The highest BCUT2D eigenvalue weighted by Crippen LogP contribution is 2.24. The molecule has 4 nitrogen and oxygen atoms in total. The maximum absolute atomic E-state index is 12.1. The van der Waals surface area contributed by atoms with Crippen LogP contribution in [0, 0.1) is 0 Å². The lowest BCUT2D eigenvalue weighted by atomic mass is 9.96. The van der Waals surface area contributed by atoms with E-state index in [1.54, 1.807) is 0 Å². The Balaban J connectivity index is 2.71. The molecule has 0 spiro atoms. The molecule has 0 saturated carbocycles. The van der Waals surface area contributed by atoms with Crippen molar-refractivity contribution in [2.24, 2.45) is 5.73 Å². The second-order valence-electron chi connectivity index (χ2n) is 4.30. The SMILES string of the molecule is CCCCOC(=O)C(CCN)c1ccc(OI)cc1. The van der Waals surface area contributed by atoms with Crippen molar-refractivity contribution < 1.29 is 12.6 Å². The molecule has 2 N–H and O–H groups in total. The summed E-state index contributed by atoms with van der Waals surface area (Å²) in [4.78, 5) is 12.1. The quantitative estimate of drug-likeness (QED) is 0.430. The van der Waals surface area contributed by atoms with Crippen LogP contribution in [-0.2, 0) is 9.53 Å². The van der Waals surface area contributed by atoms with E-state index in [2.05, 4.69) is 6.92 Å². The summed E-state index contributed by atoms with van der Waals surface area (Å²) < 4.78 is 10.4. The van der Waals surface area contributed by atoms with E-state index in [4.69, 9.17) is 13.5 Å². The number of hydrogen-bond donors (Lipinski definition) is 1. The molecule has 106 valence electrons. The van der Waals surface area contributed by atoms with Gasteiger partial charge in [-0.25, -0.2) is 0 Å². The van der Waals surface area contributed by atoms with Gasteiger partial charge in [0.25, 0.3) is 0 Å². The van der Waals surface area contributed by atoms with Gasteiger partial charge < -0.3 is 13.5 Å². The van der Waals surface area contributed by atoms with E-state index in [0.29, 0.717) is 19.6 Å². The summed E-state index contributed by atoms with van der Waals surface area (Å²) >= 11 is 1.82. The standard InChI is InChI=1S/C14H20INO3/c1-2-3-10-18-14(17)13(8-9-16)11-4-6-12(19-15)7-5-11/h4-7,13H,2-3,8-10,16H2,1H3. The van der Waals surface area contributed by atoms with Gasteiger partial charge in [-0.05, 0) is 37.1 Å². The summed E-state index contributed by atoms with van der Waals surface area (Å²) in [5.74, 6) is 0.280. The summed E-state index contributed by atoms with van der Waals surface area (Å²) in [7, 11) is 0. The molecule has 0 bridgehead atoms. The molecule has 0 saturated heterocycles. The Hall–Kier alpha value is -0.820. The molecule has 1 aromatic rings. The first-order chi connectivity index (χ1) is 9.22. The minimum atomic E-state index is -0.287. The van der Waals surface area contributed by atoms with Gasteiger partial charge in [0.2, 0.25) is 0 Å². The molecule has 0 radical (unpaired) electrons. The van der Waals surface area contributed by atoms with Crippen molar-refractivity contribution in [1.82, 2.24) is 0 Å². The smallest absolute Gasteiger partial charge is 0.313 e. The van der Waals surface area contributed by atoms with Gasteiger partial charge in [0, 0.05) is 0 Å². The molecule has 1 rings (SSSR count). The summed E-state index contributed by atoms with van der Waals surface area (Å²) in [5, 5.41) is 0. The molecule has 19 heavy (non-hydrogen) atoms. The Bertz CT molecular complexity index is 381. The Kier molecular flexibility index (Phi) is 7.81. The first-order valence-corrected chi connectivity index (χ1v) is 7.36. The predicted molar refractivity (Wildman–Crippen MR) is 83.4 cm³/mol. The molecule has 0 aliphatic rings. The van der Waals surface area contributed by atoms with E-state index < -0.39 is 0 Å². The van der Waals surface area contributed by atoms with E-state index >= 15 is 0 Å². The molecule has 0 heterocycles. The lowest BCUT2D eigenvalue weighted by Gasteiger charge is -2.15. The van der Waals surface area contributed by atoms with Crippen LogP contribution in [0.5, 0.6) is 5.75 Å². The molecule has 5 heteroatoms. The largest absolute Gasteiger partial charge is 0.465 e. The number of rotatable bonds is 8. The molecule has 1 aromatic carbocycles. The number of carbonyl (C=O) groups excluding carboxylic acids is 1. The molecular weight excluding hydrogens is 357 g/mol. The van der Waals surface area contributed by atoms with E-state index in [0.717, 1.165) is 24.2 Å². The molecule has 0 amide bonds. The average Bonchev–Trinajstić information content (AvgIpc) is 2.45. The summed E-state index contributed by atoms with van der Waals surface area (Å²) in [6, 6.07) is 7.44. The minimum Gasteiger partial charge on any atom is -0.465 e. The number of halogens is 1. The van der Waals surface area contributed by atoms with Crippen molar-refractivity contribution in [1.29, 1.82) is 0 Å². The van der Waals surface area contributed by atoms with E-state index in [1.165, 1.54) is 0 Å². The van der Waals surface area contributed by atoms with Crippen LogP contribution < -0.4 is 8.80 Å². The zero-order valence-corrected chi connectivity index (χ0v) is 13.3. The van der Waals surface area contributed by atoms with Gasteiger partial charge in [-0.1, -0.05) is 25.5 Å². The van der Waals surface area contributed by atoms with Crippen molar-refractivity contribution in [2.75, 3.05) is 13.2 Å². The van der Waals surface area contributed by atoms with Crippen LogP contribution in [-0.4, -0.2) is 19.1 Å². The Morgan fingerprint density at radius 3 is 2.58 bits per heavy atom. The summed E-state index contributed by atoms with van der Waals surface area (Å²) in [5.41, 5.74) is 6.50. The fourth-order valence-corrected chi connectivity index (χ4v) is 2.05. The van der Waals surface area contributed by atoms with Crippen molar-refractivity contribution in [2.45, 2.75) is 32.1 Å². The lowest BCUT2D eigenvalue weighted by Crippen LogP contribution is -2.19. The number of hydrogen-bond acceptors (Lipinski definition) is 4. The third-order valence-electron chi connectivity index (χ3n) is 2.85. The van der Waals surface area contributed by atoms with Gasteiger partial charge >= 0.3 is 5.97 Å². The van der Waals surface area contributed by atoms with Crippen molar-refractivity contribution in [3.8, 4) is 5.75 Å². The van der Waals surface area contributed by atoms with E-state index in [-0.39, 0.29) is 11.9 Å². The summed E-state index contributed by atoms with van der Waals surface area (Å²) in [6.07, 6.45) is 2.49. The molecule has 0 fully saturated rings. The zero-order valence-electron chi connectivity index (χ0n) is 11.1. The fraction of sp³-hybridized carbons (Fsp3) is 0.500. The molecule has 0 aliphatic carbocycles. The predicted octanol–water partition coefficient (Wildman–Crippen LogP) is 3.19. The monoisotopic (exact) mass is 377 g/mol. The maximum Gasteiger partial charge on any atom is 0.313 e. The van der Waals surface area contributed by atoms with Crippen molar-refractivity contribution in [3.05, 3.63) is 29.8 Å². The highest BCUT2D eigenvalue weighted by atomic mass is 127. The van der Waals surface area contributed by atoms with Crippen LogP contribution in [0.15, 0.2) is 24.3 Å². The van der Waals surface area contributed by atoms with Gasteiger partial charge in [0.05, 0.1) is 12.5 Å². The lowest BCUT2D eigenvalue weighted by molar-refractivity contribution is -0.145. The first kappa shape index (κ1) is 16.2. The fourth-order valence-electron chi connectivity index (χ4n) is 1.76. The zero-order chi connectivity index (χ0) is 14.1. The second kappa shape index (κ2) is 9.14. The normalized spacial score (nSPS) is 11.9. The Morgan fingerprint density at radius 2 is 2.05 bits per heavy atom. The molecule has 0 aromatic heterocycles. The van der Waals surface area contributed by atoms with Crippen molar-refractivity contribution >= 4 is 29.0 Å². The number of unbranched alkanes of at least 4 members (excludes halogenated alkanes) is 1. The highest BCUT2D eigenvalue weighted by molar-refractivity contribution is 14.1. The number of benzene rings is 1. The van der Waals surface area contributed by atoms with Crippen LogP contribution in [0.4, 0.5) is 0 Å². The van der Waals surface area contributed by atoms with Crippen LogP contribution in [0.1, 0.15) is 37.7 Å². The third-order valence-corrected chi connectivity index (χ3v) is 3.36. The molecule has 0 aliphatic heterocycles. The van der Waals surface area contributed by atoms with Gasteiger partial charge in [-0.15, -0.1) is 0 Å². The maximum atomic E-state index is 12.1. The van der Waals surface area contributed by atoms with Crippen LogP contribution in [0.25, 0.3) is 0 Å². The van der Waals surface area contributed by atoms with Gasteiger partial charge in [0.1, 0.15) is 5.75 Å². The van der Waals surface area contributed by atoms with Gasteiger partial charge in [-0.3, -0.25) is 4.79 Å². The topological polar surface area (TPSA) is 61.5 Å². The van der Waals surface area contributed by atoms with E-state index in [1.807, 2.05) is 47.3 Å². The number of carbonyl (C=O) groups is 1. The highest BCUT2D eigenvalue weighted by Gasteiger charge is 2.21. The van der Waals surface area contributed by atoms with Crippen LogP contribution >= 0.6 is 23.0 Å². The molecular formula is C14H20INO3. The summed E-state index contributed by atoms with van der Waals surface area (Å²) in [6.45, 7) is 3.00. The molecule has 1 unspecified atom stereocenters. The Labute approximate surface area is 128 Å².